The predicted molar refractivity (Wildman–Crippen MR) is 75.6 cm³/mol. The minimum absolute atomic E-state index is 0.129. The van der Waals surface area contributed by atoms with Gasteiger partial charge < -0.3 is 4.90 Å². The summed E-state index contributed by atoms with van der Waals surface area (Å²) in [4.78, 5) is 2.21. The topological polar surface area (TPSA) is 31.9 Å². The van der Waals surface area contributed by atoms with Gasteiger partial charge in [0.25, 0.3) is 0 Å². The molecule has 2 aromatic rings. The summed E-state index contributed by atoms with van der Waals surface area (Å²) in [5.41, 5.74) is 2.57. The molecule has 0 aliphatic rings. The van der Waals surface area contributed by atoms with E-state index in [-0.39, 0.29) is 5.02 Å². The molecule has 0 saturated heterocycles. The number of nitrogens with one attached hydrogen (secondary N) is 1. The fourth-order valence-corrected chi connectivity index (χ4v) is 2.20. The number of hydrogen-bond donors (Lipinski definition) is 1. The van der Waals surface area contributed by atoms with Crippen LogP contribution in [-0.2, 0) is 6.54 Å². The van der Waals surface area contributed by atoms with E-state index >= 15 is 0 Å². The van der Waals surface area contributed by atoms with Gasteiger partial charge in [-0.1, -0.05) is 24.6 Å². The van der Waals surface area contributed by atoms with Crippen LogP contribution in [0, 0.1) is 5.82 Å². The highest BCUT2D eigenvalue weighted by atomic mass is 35.5. The molecule has 0 aliphatic carbocycles. The molecule has 3 nitrogen and oxygen atoms in total. The van der Waals surface area contributed by atoms with Crippen molar-refractivity contribution < 1.29 is 4.39 Å². The lowest BCUT2D eigenvalue weighted by atomic mass is 10.1. The van der Waals surface area contributed by atoms with Crippen LogP contribution in [0.25, 0.3) is 11.3 Å². The van der Waals surface area contributed by atoms with Gasteiger partial charge in [-0.3, -0.25) is 5.10 Å². The highest BCUT2D eigenvalue weighted by Crippen LogP contribution is 2.25. The van der Waals surface area contributed by atoms with Gasteiger partial charge in [0.05, 0.1) is 10.7 Å². The summed E-state index contributed by atoms with van der Waals surface area (Å²) in [5, 5.41) is 7.18. The first-order valence-corrected chi connectivity index (χ1v) is 6.66. The Morgan fingerprint density at radius 1 is 1.42 bits per heavy atom. The monoisotopic (exact) mass is 281 g/mol. The Morgan fingerprint density at radius 3 is 2.89 bits per heavy atom. The molecule has 1 N–H and O–H groups in total. The normalized spacial score (nSPS) is 11.2. The summed E-state index contributed by atoms with van der Waals surface area (Å²) in [7, 11) is 2.06. The molecule has 0 fully saturated rings. The number of hydrogen-bond acceptors (Lipinski definition) is 2. The van der Waals surface area contributed by atoms with Crippen molar-refractivity contribution in [3.05, 3.63) is 40.8 Å². The Balaban J connectivity index is 2.25. The molecule has 5 heteroatoms. The van der Waals surface area contributed by atoms with E-state index in [2.05, 4.69) is 29.1 Å². The van der Waals surface area contributed by atoms with E-state index in [0.717, 1.165) is 36.3 Å². The minimum atomic E-state index is -0.421. The number of nitrogens with zero attached hydrogens (tertiary/aromatic N) is 2. The molecular formula is C14H17ClFN3. The molecule has 1 heterocycles. The van der Waals surface area contributed by atoms with E-state index in [0.29, 0.717) is 0 Å². The SMILES string of the molecule is CCCN(C)Cc1c[nH]nc1-c1ccc(Cl)c(F)c1. The third kappa shape index (κ3) is 3.33. The molecule has 0 amide bonds. The summed E-state index contributed by atoms with van der Waals surface area (Å²) < 4.78 is 13.5. The van der Waals surface area contributed by atoms with Crippen LogP contribution in [0.4, 0.5) is 4.39 Å². The van der Waals surface area contributed by atoms with Crippen molar-refractivity contribution in [3.8, 4) is 11.3 Å². The molecule has 2 rings (SSSR count). The Kier molecular flexibility index (Phi) is 4.56. The van der Waals surface area contributed by atoms with Crippen LogP contribution >= 0.6 is 11.6 Å². The van der Waals surface area contributed by atoms with Crippen molar-refractivity contribution in [3.63, 3.8) is 0 Å². The second-order valence-corrected chi connectivity index (χ2v) is 5.03. The number of aromatic amines is 1. The molecule has 0 bridgehead atoms. The molecule has 0 atom stereocenters. The molecule has 0 unspecified atom stereocenters. The Hall–Kier alpha value is -1.39. The maximum atomic E-state index is 13.5. The number of rotatable bonds is 5. The lowest BCUT2D eigenvalue weighted by Gasteiger charge is -2.15. The zero-order valence-corrected chi connectivity index (χ0v) is 11.8. The van der Waals surface area contributed by atoms with Crippen LogP contribution in [0.5, 0.6) is 0 Å². The van der Waals surface area contributed by atoms with E-state index in [1.54, 1.807) is 12.1 Å². The second-order valence-electron chi connectivity index (χ2n) is 4.63. The van der Waals surface area contributed by atoms with E-state index in [4.69, 9.17) is 11.6 Å². The fourth-order valence-electron chi connectivity index (χ4n) is 2.08. The van der Waals surface area contributed by atoms with Crippen LogP contribution in [0.15, 0.2) is 24.4 Å². The van der Waals surface area contributed by atoms with Crippen molar-refractivity contribution in [2.45, 2.75) is 19.9 Å². The summed E-state index contributed by atoms with van der Waals surface area (Å²) in [6, 6.07) is 4.76. The molecule has 0 spiro atoms. The van der Waals surface area contributed by atoms with E-state index in [1.807, 2.05) is 6.20 Å². The quantitative estimate of drug-likeness (QED) is 0.906. The first-order chi connectivity index (χ1) is 9.11. The van der Waals surface area contributed by atoms with Crippen LogP contribution in [0.1, 0.15) is 18.9 Å². The van der Waals surface area contributed by atoms with Crippen molar-refractivity contribution in [1.29, 1.82) is 0 Å². The lowest BCUT2D eigenvalue weighted by molar-refractivity contribution is 0.328. The zero-order valence-electron chi connectivity index (χ0n) is 11.1. The molecular weight excluding hydrogens is 265 g/mol. The van der Waals surface area contributed by atoms with Gasteiger partial charge >= 0.3 is 0 Å². The second kappa shape index (κ2) is 6.17. The molecule has 1 aromatic carbocycles. The summed E-state index contributed by atoms with van der Waals surface area (Å²) in [6.45, 7) is 3.94. The first kappa shape index (κ1) is 14.0. The first-order valence-electron chi connectivity index (χ1n) is 6.28. The Labute approximate surface area is 117 Å². The average molecular weight is 282 g/mol. The minimum Gasteiger partial charge on any atom is -0.302 e. The zero-order chi connectivity index (χ0) is 13.8. The van der Waals surface area contributed by atoms with Crippen LogP contribution in [0.2, 0.25) is 5.02 Å². The molecule has 0 saturated carbocycles. The maximum Gasteiger partial charge on any atom is 0.142 e. The van der Waals surface area contributed by atoms with Crippen molar-refractivity contribution in [2.75, 3.05) is 13.6 Å². The van der Waals surface area contributed by atoms with Crippen molar-refractivity contribution in [1.82, 2.24) is 15.1 Å². The highest BCUT2D eigenvalue weighted by Gasteiger charge is 2.12. The van der Waals surface area contributed by atoms with E-state index in [9.17, 15) is 4.39 Å². The van der Waals surface area contributed by atoms with E-state index in [1.165, 1.54) is 6.07 Å². The highest BCUT2D eigenvalue weighted by molar-refractivity contribution is 6.30. The average Bonchev–Trinajstić information content (AvgIpc) is 2.81. The number of aromatic nitrogens is 2. The van der Waals surface area contributed by atoms with Gasteiger partial charge in [0.1, 0.15) is 5.82 Å². The molecule has 19 heavy (non-hydrogen) atoms. The van der Waals surface area contributed by atoms with Crippen molar-refractivity contribution in [2.24, 2.45) is 0 Å². The lowest BCUT2D eigenvalue weighted by Crippen LogP contribution is -2.18. The van der Waals surface area contributed by atoms with Crippen molar-refractivity contribution >= 4 is 11.6 Å². The predicted octanol–water partition coefficient (Wildman–Crippen LogP) is 3.71. The van der Waals surface area contributed by atoms with Gasteiger partial charge in [-0.25, -0.2) is 4.39 Å². The number of benzene rings is 1. The Morgan fingerprint density at radius 2 is 2.21 bits per heavy atom. The fraction of sp³-hybridized carbons (Fsp3) is 0.357. The Bertz CT molecular complexity index is 553. The number of halogens is 2. The summed E-state index contributed by atoms with van der Waals surface area (Å²) in [6.07, 6.45) is 2.95. The van der Waals surface area contributed by atoms with E-state index < -0.39 is 5.82 Å². The summed E-state index contributed by atoms with van der Waals surface area (Å²) >= 11 is 5.70. The van der Waals surface area contributed by atoms with Crippen LogP contribution < -0.4 is 0 Å². The summed E-state index contributed by atoms with van der Waals surface area (Å²) in [5.74, 6) is -0.421. The maximum absolute atomic E-state index is 13.5. The standard InChI is InChI=1S/C14H17ClFN3/c1-3-6-19(2)9-11-8-17-18-14(11)10-4-5-12(15)13(16)7-10/h4-5,7-8H,3,6,9H2,1-2H3,(H,17,18). The van der Waals surface area contributed by atoms with Crippen LogP contribution in [-0.4, -0.2) is 28.7 Å². The van der Waals surface area contributed by atoms with Gasteiger partial charge in [0.2, 0.25) is 0 Å². The van der Waals surface area contributed by atoms with Crippen LogP contribution in [0.3, 0.4) is 0 Å². The molecule has 102 valence electrons. The third-order valence-corrected chi connectivity index (χ3v) is 3.26. The third-order valence-electron chi connectivity index (χ3n) is 2.96. The van der Waals surface area contributed by atoms with Gasteiger partial charge in [0, 0.05) is 23.9 Å². The molecule has 1 aromatic heterocycles. The largest absolute Gasteiger partial charge is 0.302 e. The smallest absolute Gasteiger partial charge is 0.142 e. The van der Waals surface area contributed by atoms with Gasteiger partial charge in [-0.15, -0.1) is 0 Å². The van der Waals surface area contributed by atoms with Gasteiger partial charge in [0.15, 0.2) is 0 Å². The molecule has 0 aliphatic heterocycles. The number of H-pyrrole nitrogens is 1. The van der Waals surface area contributed by atoms with Gasteiger partial charge in [-0.2, -0.15) is 5.10 Å². The van der Waals surface area contributed by atoms with Gasteiger partial charge in [-0.05, 0) is 32.1 Å². The molecule has 0 radical (unpaired) electrons.